The second-order valence-electron chi connectivity index (χ2n) is 5.13. The molecule has 0 atom stereocenters. The van der Waals surface area contributed by atoms with Crippen molar-refractivity contribution < 1.29 is 18.0 Å². The Morgan fingerprint density at radius 1 is 1.43 bits per heavy atom. The van der Waals surface area contributed by atoms with Gasteiger partial charge in [-0.2, -0.15) is 13.2 Å². The van der Waals surface area contributed by atoms with Crippen LogP contribution in [0.3, 0.4) is 0 Å². The molecule has 8 heteroatoms. The van der Waals surface area contributed by atoms with E-state index in [0.717, 1.165) is 18.4 Å². The maximum atomic E-state index is 13.2. The van der Waals surface area contributed by atoms with Gasteiger partial charge in [-0.3, -0.25) is 4.79 Å². The maximum absolute atomic E-state index is 13.2. The smallest absolute Gasteiger partial charge is 0.353 e. The van der Waals surface area contributed by atoms with Crippen LogP contribution in [0.4, 0.5) is 24.5 Å². The standard InChI is InChI=1S/C15H16F3N3OS/c1-9(2)13(22)20-12-5-4-10(8-11(12)15(16,17)18)19-14-21(3)6-7-23-14/h4-5,8H,1,6-7H2,2-3H3,(H,20,22). The number of nitrogens with one attached hydrogen (secondary N) is 1. The van der Waals surface area contributed by atoms with Crippen molar-refractivity contribution in [3.05, 3.63) is 35.9 Å². The molecule has 2 rings (SSSR count). The Hall–Kier alpha value is -1.96. The number of anilines is 1. The molecule has 1 heterocycles. The third-order valence-corrected chi connectivity index (χ3v) is 4.20. The Kier molecular flexibility index (Phi) is 5.03. The van der Waals surface area contributed by atoms with E-state index in [1.165, 1.54) is 30.8 Å². The summed E-state index contributed by atoms with van der Waals surface area (Å²) in [6.45, 7) is 5.65. The lowest BCUT2D eigenvalue weighted by molar-refractivity contribution is -0.136. The third kappa shape index (κ3) is 4.28. The molecule has 0 aliphatic carbocycles. The maximum Gasteiger partial charge on any atom is 0.418 e. The summed E-state index contributed by atoms with van der Waals surface area (Å²) in [4.78, 5) is 17.7. The van der Waals surface area contributed by atoms with Gasteiger partial charge >= 0.3 is 6.18 Å². The number of alkyl halides is 3. The van der Waals surface area contributed by atoms with Gasteiger partial charge in [0.15, 0.2) is 5.17 Å². The van der Waals surface area contributed by atoms with Crippen molar-refractivity contribution in [3.8, 4) is 0 Å². The lowest BCUT2D eigenvalue weighted by Crippen LogP contribution is -2.18. The van der Waals surface area contributed by atoms with Gasteiger partial charge in [0, 0.05) is 24.9 Å². The Balaban J connectivity index is 2.38. The highest BCUT2D eigenvalue weighted by Gasteiger charge is 2.34. The van der Waals surface area contributed by atoms with Crippen molar-refractivity contribution in [1.29, 1.82) is 0 Å². The first-order valence-corrected chi connectivity index (χ1v) is 7.78. The SMILES string of the molecule is C=C(C)C(=O)Nc1ccc(N=C2SCCN2C)cc1C(F)(F)F. The molecule has 124 valence electrons. The number of halogens is 3. The molecule has 1 N–H and O–H groups in total. The first-order valence-electron chi connectivity index (χ1n) is 6.79. The van der Waals surface area contributed by atoms with E-state index in [9.17, 15) is 18.0 Å². The summed E-state index contributed by atoms with van der Waals surface area (Å²) >= 11 is 1.49. The third-order valence-electron chi connectivity index (χ3n) is 3.15. The monoisotopic (exact) mass is 343 g/mol. The Labute approximate surface area is 136 Å². The quantitative estimate of drug-likeness (QED) is 0.847. The van der Waals surface area contributed by atoms with Crippen molar-refractivity contribution in [2.24, 2.45) is 4.99 Å². The predicted molar refractivity (Wildman–Crippen MR) is 87.1 cm³/mol. The summed E-state index contributed by atoms with van der Waals surface area (Å²) in [6.07, 6.45) is -4.59. The van der Waals surface area contributed by atoms with Crippen molar-refractivity contribution in [2.45, 2.75) is 13.1 Å². The molecule has 1 fully saturated rings. The van der Waals surface area contributed by atoms with Crippen LogP contribution in [-0.2, 0) is 11.0 Å². The van der Waals surface area contributed by atoms with Crippen LogP contribution in [-0.4, -0.2) is 35.3 Å². The fourth-order valence-electron chi connectivity index (χ4n) is 1.88. The van der Waals surface area contributed by atoms with Gasteiger partial charge in [-0.15, -0.1) is 0 Å². The number of thioether (sulfide) groups is 1. The normalized spacial score (nSPS) is 16.7. The number of benzene rings is 1. The van der Waals surface area contributed by atoms with Crippen LogP contribution in [0.2, 0.25) is 0 Å². The molecule has 0 bridgehead atoms. The number of hydrogen-bond donors (Lipinski definition) is 1. The van der Waals surface area contributed by atoms with Crippen LogP contribution in [0.5, 0.6) is 0 Å². The second kappa shape index (κ2) is 6.66. The van der Waals surface area contributed by atoms with E-state index in [1.54, 1.807) is 0 Å². The molecule has 23 heavy (non-hydrogen) atoms. The van der Waals surface area contributed by atoms with E-state index in [-0.39, 0.29) is 16.9 Å². The minimum absolute atomic E-state index is 0.131. The lowest BCUT2D eigenvalue weighted by atomic mass is 10.1. The Bertz CT molecular complexity index is 670. The molecular weight excluding hydrogens is 327 g/mol. The molecule has 0 saturated carbocycles. The molecule has 0 spiro atoms. The number of carbonyl (C=O) groups excluding carboxylic acids is 1. The molecule has 1 aromatic rings. The number of amidine groups is 1. The van der Waals surface area contributed by atoms with Crippen LogP contribution < -0.4 is 5.32 Å². The van der Waals surface area contributed by atoms with Crippen LogP contribution in [0, 0.1) is 0 Å². The summed E-state index contributed by atoms with van der Waals surface area (Å²) in [5.41, 5.74) is -0.908. The number of amides is 1. The molecule has 0 radical (unpaired) electrons. The van der Waals surface area contributed by atoms with Crippen LogP contribution >= 0.6 is 11.8 Å². The van der Waals surface area contributed by atoms with E-state index >= 15 is 0 Å². The van der Waals surface area contributed by atoms with Gasteiger partial charge in [0.05, 0.1) is 16.9 Å². The molecule has 1 aromatic carbocycles. The van der Waals surface area contributed by atoms with E-state index in [4.69, 9.17) is 0 Å². The summed E-state index contributed by atoms with van der Waals surface area (Å²) in [5, 5.41) is 2.90. The number of hydrogen-bond acceptors (Lipinski definition) is 3. The van der Waals surface area contributed by atoms with Crippen molar-refractivity contribution in [3.63, 3.8) is 0 Å². The summed E-state index contributed by atoms with van der Waals surface area (Å²) < 4.78 is 39.7. The molecule has 0 aromatic heterocycles. The predicted octanol–water partition coefficient (Wildman–Crippen LogP) is 3.89. The van der Waals surface area contributed by atoms with Crippen molar-refractivity contribution in [2.75, 3.05) is 24.7 Å². The zero-order chi connectivity index (χ0) is 17.2. The van der Waals surface area contributed by atoms with Crippen LogP contribution in [0.15, 0.2) is 35.3 Å². The topological polar surface area (TPSA) is 44.7 Å². The first-order chi connectivity index (χ1) is 10.7. The van der Waals surface area contributed by atoms with E-state index in [2.05, 4.69) is 16.9 Å². The second-order valence-corrected chi connectivity index (χ2v) is 6.19. The lowest BCUT2D eigenvalue weighted by Gasteiger charge is -2.15. The highest BCUT2D eigenvalue weighted by molar-refractivity contribution is 8.14. The van der Waals surface area contributed by atoms with Crippen LogP contribution in [0.1, 0.15) is 12.5 Å². The molecular formula is C15H16F3N3OS. The van der Waals surface area contributed by atoms with Gasteiger partial charge in [0.2, 0.25) is 0 Å². The van der Waals surface area contributed by atoms with Gasteiger partial charge in [-0.1, -0.05) is 18.3 Å². The molecule has 1 saturated heterocycles. The number of carbonyl (C=O) groups is 1. The van der Waals surface area contributed by atoms with E-state index in [0.29, 0.717) is 5.17 Å². The summed E-state index contributed by atoms with van der Waals surface area (Å²) in [5.74, 6) is 0.203. The summed E-state index contributed by atoms with van der Waals surface area (Å²) in [7, 11) is 1.84. The Morgan fingerprint density at radius 2 is 2.13 bits per heavy atom. The van der Waals surface area contributed by atoms with Gasteiger partial charge in [0.1, 0.15) is 0 Å². The molecule has 1 amide bonds. The fraction of sp³-hybridized carbons (Fsp3) is 0.333. The molecule has 1 aliphatic rings. The zero-order valence-corrected chi connectivity index (χ0v) is 13.5. The van der Waals surface area contributed by atoms with Gasteiger partial charge in [-0.05, 0) is 25.1 Å². The zero-order valence-electron chi connectivity index (χ0n) is 12.7. The molecule has 1 aliphatic heterocycles. The fourth-order valence-corrected chi connectivity index (χ4v) is 2.91. The number of nitrogens with zero attached hydrogens (tertiary/aromatic N) is 2. The molecule has 0 unspecified atom stereocenters. The minimum atomic E-state index is -4.59. The average Bonchev–Trinajstić information content (AvgIpc) is 2.84. The minimum Gasteiger partial charge on any atom is -0.353 e. The number of aliphatic imine (C=N–C) groups is 1. The van der Waals surface area contributed by atoms with Crippen molar-refractivity contribution in [1.82, 2.24) is 4.90 Å². The van der Waals surface area contributed by atoms with E-state index in [1.807, 2.05) is 11.9 Å². The Morgan fingerprint density at radius 3 is 2.65 bits per heavy atom. The van der Waals surface area contributed by atoms with Gasteiger partial charge in [-0.25, -0.2) is 4.99 Å². The van der Waals surface area contributed by atoms with E-state index < -0.39 is 17.6 Å². The molecule has 4 nitrogen and oxygen atoms in total. The average molecular weight is 343 g/mol. The summed E-state index contributed by atoms with van der Waals surface area (Å²) in [6, 6.07) is 3.60. The van der Waals surface area contributed by atoms with Crippen molar-refractivity contribution >= 4 is 34.2 Å². The highest BCUT2D eigenvalue weighted by atomic mass is 32.2. The first kappa shape index (κ1) is 17.4. The number of rotatable bonds is 3. The van der Waals surface area contributed by atoms with Gasteiger partial charge in [0.25, 0.3) is 5.91 Å². The largest absolute Gasteiger partial charge is 0.418 e. The highest BCUT2D eigenvalue weighted by Crippen LogP contribution is 2.37. The van der Waals surface area contributed by atoms with Gasteiger partial charge < -0.3 is 10.2 Å². The van der Waals surface area contributed by atoms with Crippen LogP contribution in [0.25, 0.3) is 0 Å².